The Bertz CT molecular complexity index is 1670. The van der Waals surface area contributed by atoms with Crippen molar-refractivity contribution in [1.29, 1.82) is 0 Å². The highest BCUT2D eigenvalue weighted by Gasteiger charge is 2.16. The van der Waals surface area contributed by atoms with E-state index in [1.165, 1.54) is 10.9 Å². The Kier molecular flexibility index (Phi) is 8.03. The minimum absolute atomic E-state index is 0.134. The van der Waals surface area contributed by atoms with Crippen LogP contribution in [0, 0.1) is 0 Å². The van der Waals surface area contributed by atoms with Gasteiger partial charge in [-0.1, -0.05) is 17.7 Å². The van der Waals surface area contributed by atoms with E-state index in [1.807, 2.05) is 12.1 Å². The molecule has 2 heterocycles. The number of methoxy groups -OCH3 is 1. The quantitative estimate of drug-likeness (QED) is 0.239. The summed E-state index contributed by atoms with van der Waals surface area (Å²) in [5, 5.41) is 10.9. The maximum absolute atomic E-state index is 13.7. The van der Waals surface area contributed by atoms with E-state index in [4.69, 9.17) is 21.1 Å². The Balaban J connectivity index is 1.46. The first-order valence-electron chi connectivity index (χ1n) is 12.2. The lowest BCUT2D eigenvalue weighted by Gasteiger charge is -2.15. The number of hydrogen-bond acceptors (Lipinski definition) is 7. The SMILES string of the molecule is COc1ccc(-n2ncc(Oc3ccc(Cl)cc3)c(Nc3cccc(C(=O)NCc4ccncc4)c3)c2=O)cc1. The minimum atomic E-state index is -0.454. The number of carbonyl (C=O) groups is 1. The van der Waals surface area contributed by atoms with Gasteiger partial charge < -0.3 is 20.1 Å². The van der Waals surface area contributed by atoms with Gasteiger partial charge in [-0.3, -0.25) is 14.6 Å². The summed E-state index contributed by atoms with van der Waals surface area (Å²) in [4.78, 5) is 30.5. The molecule has 0 saturated heterocycles. The predicted octanol–water partition coefficient (Wildman–Crippen LogP) is 5.76. The molecular weight excluding hydrogens is 530 g/mol. The fourth-order valence-electron chi connectivity index (χ4n) is 3.84. The molecule has 3 aromatic carbocycles. The maximum atomic E-state index is 13.7. The maximum Gasteiger partial charge on any atom is 0.299 e. The van der Waals surface area contributed by atoms with Crippen LogP contribution in [-0.2, 0) is 6.54 Å². The zero-order valence-electron chi connectivity index (χ0n) is 21.4. The Morgan fingerprint density at radius 2 is 1.68 bits per heavy atom. The second kappa shape index (κ2) is 12.1. The van der Waals surface area contributed by atoms with E-state index in [0.29, 0.717) is 40.0 Å². The van der Waals surface area contributed by atoms with Gasteiger partial charge in [0, 0.05) is 35.2 Å². The van der Waals surface area contributed by atoms with Crippen LogP contribution >= 0.6 is 11.6 Å². The molecule has 0 aliphatic carbocycles. The number of ether oxygens (including phenoxy) is 2. The Morgan fingerprint density at radius 1 is 0.950 bits per heavy atom. The molecule has 0 saturated carbocycles. The monoisotopic (exact) mass is 553 g/mol. The number of pyridine rings is 1. The summed E-state index contributed by atoms with van der Waals surface area (Å²) in [6, 6.07) is 24.2. The van der Waals surface area contributed by atoms with Crippen LogP contribution in [0.15, 0.2) is 108 Å². The second-order valence-corrected chi connectivity index (χ2v) is 9.04. The topological polar surface area (TPSA) is 107 Å². The number of aromatic nitrogens is 3. The summed E-state index contributed by atoms with van der Waals surface area (Å²) in [6.45, 7) is 0.356. The van der Waals surface area contributed by atoms with Gasteiger partial charge in [0.15, 0.2) is 11.4 Å². The number of hydrogen-bond donors (Lipinski definition) is 2. The highest BCUT2D eigenvalue weighted by molar-refractivity contribution is 6.30. The highest BCUT2D eigenvalue weighted by atomic mass is 35.5. The van der Waals surface area contributed by atoms with E-state index < -0.39 is 5.56 Å². The van der Waals surface area contributed by atoms with Crippen molar-refractivity contribution in [3.05, 3.63) is 130 Å². The number of nitrogens with zero attached hydrogens (tertiary/aromatic N) is 3. The van der Waals surface area contributed by atoms with Crippen molar-refractivity contribution in [2.75, 3.05) is 12.4 Å². The molecule has 0 aliphatic heterocycles. The molecule has 0 radical (unpaired) electrons. The Labute approximate surface area is 235 Å². The molecule has 200 valence electrons. The normalized spacial score (nSPS) is 10.6. The molecule has 2 N–H and O–H groups in total. The van der Waals surface area contributed by atoms with Crippen LogP contribution in [0.5, 0.6) is 17.2 Å². The van der Waals surface area contributed by atoms with Gasteiger partial charge in [-0.25, -0.2) is 0 Å². The van der Waals surface area contributed by atoms with Gasteiger partial charge in [-0.15, -0.1) is 0 Å². The summed E-state index contributed by atoms with van der Waals surface area (Å²) in [5.41, 5.74) is 2.08. The summed E-state index contributed by atoms with van der Waals surface area (Å²) in [7, 11) is 1.57. The molecule has 10 heteroatoms. The van der Waals surface area contributed by atoms with Crippen molar-refractivity contribution in [1.82, 2.24) is 20.1 Å². The number of benzene rings is 3. The van der Waals surface area contributed by atoms with Crippen molar-refractivity contribution in [3.63, 3.8) is 0 Å². The van der Waals surface area contributed by atoms with Crippen LogP contribution in [0.4, 0.5) is 11.4 Å². The number of nitrogens with one attached hydrogen (secondary N) is 2. The number of rotatable bonds is 9. The van der Waals surface area contributed by atoms with Gasteiger partial charge in [0.05, 0.1) is 19.0 Å². The van der Waals surface area contributed by atoms with Crippen LogP contribution in [0.3, 0.4) is 0 Å². The minimum Gasteiger partial charge on any atom is -0.497 e. The molecular formula is C30H24ClN5O4. The molecule has 9 nitrogen and oxygen atoms in total. The molecule has 0 bridgehead atoms. The van der Waals surface area contributed by atoms with Crippen molar-refractivity contribution >= 4 is 28.9 Å². The van der Waals surface area contributed by atoms with Crippen molar-refractivity contribution in [2.24, 2.45) is 0 Å². The summed E-state index contributed by atoms with van der Waals surface area (Å²) < 4.78 is 12.5. The van der Waals surface area contributed by atoms with Crippen LogP contribution in [0.1, 0.15) is 15.9 Å². The third-order valence-electron chi connectivity index (χ3n) is 5.90. The van der Waals surface area contributed by atoms with Crippen molar-refractivity contribution in [2.45, 2.75) is 6.54 Å². The van der Waals surface area contributed by atoms with Crippen LogP contribution < -0.4 is 25.7 Å². The van der Waals surface area contributed by atoms with E-state index >= 15 is 0 Å². The molecule has 0 atom stereocenters. The van der Waals surface area contributed by atoms with Gasteiger partial charge in [0.25, 0.3) is 11.5 Å². The van der Waals surface area contributed by atoms with Gasteiger partial charge in [0.1, 0.15) is 11.5 Å². The third kappa shape index (κ3) is 6.28. The average molecular weight is 554 g/mol. The first-order valence-corrected chi connectivity index (χ1v) is 12.6. The van der Waals surface area contributed by atoms with E-state index in [1.54, 1.807) is 92.3 Å². The fourth-order valence-corrected chi connectivity index (χ4v) is 3.96. The number of anilines is 2. The predicted molar refractivity (Wildman–Crippen MR) is 153 cm³/mol. The van der Waals surface area contributed by atoms with E-state index in [9.17, 15) is 9.59 Å². The van der Waals surface area contributed by atoms with Crippen molar-refractivity contribution in [3.8, 4) is 22.9 Å². The molecule has 0 fully saturated rings. The summed E-state index contributed by atoms with van der Waals surface area (Å²) in [5.74, 6) is 1.06. The molecule has 5 rings (SSSR count). The number of halogens is 1. The van der Waals surface area contributed by atoms with E-state index in [2.05, 4.69) is 20.7 Å². The van der Waals surface area contributed by atoms with Crippen LogP contribution in [0.25, 0.3) is 5.69 Å². The molecule has 0 unspecified atom stereocenters. The number of amides is 1. The highest BCUT2D eigenvalue weighted by Crippen LogP contribution is 2.30. The first kappa shape index (κ1) is 26.5. The lowest BCUT2D eigenvalue weighted by Crippen LogP contribution is -2.24. The molecule has 0 aliphatic rings. The van der Waals surface area contributed by atoms with Gasteiger partial charge in [0.2, 0.25) is 0 Å². The third-order valence-corrected chi connectivity index (χ3v) is 6.15. The van der Waals surface area contributed by atoms with Crippen LogP contribution in [0.2, 0.25) is 5.02 Å². The van der Waals surface area contributed by atoms with Gasteiger partial charge in [-0.2, -0.15) is 9.78 Å². The van der Waals surface area contributed by atoms with Crippen molar-refractivity contribution < 1.29 is 14.3 Å². The first-order chi connectivity index (χ1) is 19.5. The molecule has 2 aromatic heterocycles. The number of carbonyl (C=O) groups excluding carboxylic acids is 1. The Morgan fingerprint density at radius 3 is 2.40 bits per heavy atom. The molecule has 0 spiro atoms. The zero-order valence-corrected chi connectivity index (χ0v) is 22.1. The van der Waals surface area contributed by atoms with Crippen LogP contribution in [-0.4, -0.2) is 27.8 Å². The lowest BCUT2D eigenvalue weighted by atomic mass is 10.1. The van der Waals surface area contributed by atoms with E-state index in [0.717, 1.165) is 5.56 Å². The summed E-state index contributed by atoms with van der Waals surface area (Å²) in [6.07, 6.45) is 4.79. The second-order valence-electron chi connectivity index (χ2n) is 8.60. The zero-order chi connectivity index (χ0) is 27.9. The fraction of sp³-hybridized carbons (Fsp3) is 0.0667. The van der Waals surface area contributed by atoms with E-state index in [-0.39, 0.29) is 17.3 Å². The standard InChI is InChI=1S/C30H24ClN5O4/c1-39-25-11-7-24(8-12-25)36-30(38)28(27(19-34-36)40-26-9-5-22(31)6-10-26)35-23-4-2-3-21(17-23)29(37)33-18-20-13-15-32-16-14-20/h2-17,19,35H,18H2,1H3,(H,33,37). The lowest BCUT2D eigenvalue weighted by molar-refractivity contribution is 0.0951. The summed E-state index contributed by atoms with van der Waals surface area (Å²) >= 11 is 6.01. The largest absolute Gasteiger partial charge is 0.497 e. The molecule has 5 aromatic rings. The molecule has 1 amide bonds. The Hall–Kier alpha value is -5.15. The average Bonchev–Trinajstić information content (AvgIpc) is 2.99. The molecule has 40 heavy (non-hydrogen) atoms. The smallest absolute Gasteiger partial charge is 0.299 e. The van der Waals surface area contributed by atoms with Gasteiger partial charge >= 0.3 is 0 Å². The van der Waals surface area contributed by atoms with Gasteiger partial charge in [-0.05, 0) is 84.4 Å².